The number of fused-ring (bicyclic) bond motifs is 1. The fourth-order valence-electron chi connectivity index (χ4n) is 1.53. The third-order valence-corrected chi connectivity index (χ3v) is 2.22. The smallest absolute Gasteiger partial charge is 0.0641 e. The fourth-order valence-corrected chi connectivity index (χ4v) is 1.53. The van der Waals surface area contributed by atoms with E-state index in [0.717, 1.165) is 13.2 Å². The van der Waals surface area contributed by atoms with Crippen LogP contribution in [0.1, 0.15) is 0 Å². The predicted octanol–water partition coefficient (Wildman–Crippen LogP) is 2.29. The molecule has 0 aliphatic carbocycles. The molecule has 13 heavy (non-hydrogen) atoms. The highest BCUT2D eigenvalue weighted by molar-refractivity contribution is 5.79. The molecule has 0 aliphatic heterocycles. The molecule has 0 atom stereocenters. The van der Waals surface area contributed by atoms with Crippen molar-refractivity contribution in [1.29, 1.82) is 0 Å². The molecule has 0 bridgehead atoms. The summed E-state index contributed by atoms with van der Waals surface area (Å²) in [6.45, 7) is 1.68. The molecule has 0 radical (unpaired) electrons. The van der Waals surface area contributed by atoms with Crippen LogP contribution in [0.25, 0.3) is 10.9 Å². The van der Waals surface area contributed by atoms with Crippen molar-refractivity contribution in [2.45, 2.75) is 6.54 Å². The molecule has 0 saturated heterocycles. The van der Waals surface area contributed by atoms with Gasteiger partial charge in [0.05, 0.1) is 6.61 Å². The summed E-state index contributed by atoms with van der Waals surface area (Å²) in [5.74, 6) is 0. The summed E-state index contributed by atoms with van der Waals surface area (Å²) in [5.41, 5.74) is 1.28. The van der Waals surface area contributed by atoms with E-state index < -0.39 is 0 Å². The van der Waals surface area contributed by atoms with Crippen LogP contribution in [0, 0.1) is 0 Å². The Kier molecular flexibility index (Phi) is 2.32. The van der Waals surface area contributed by atoms with E-state index in [9.17, 15) is 0 Å². The quantitative estimate of drug-likeness (QED) is 0.698. The fraction of sp³-hybridized carbons (Fsp3) is 0.273. The van der Waals surface area contributed by atoms with Crippen molar-refractivity contribution in [3.63, 3.8) is 0 Å². The van der Waals surface area contributed by atoms with E-state index in [1.807, 2.05) is 0 Å². The standard InChI is InChI=1S/C11H13NO/c1-13-9-8-12-7-6-10-4-2-3-5-11(10)12/h2-7H,8-9H2,1H3. The van der Waals surface area contributed by atoms with Gasteiger partial charge < -0.3 is 9.30 Å². The van der Waals surface area contributed by atoms with Crippen molar-refractivity contribution in [2.24, 2.45) is 0 Å². The Hall–Kier alpha value is -1.28. The molecule has 1 aromatic carbocycles. The molecule has 1 aromatic heterocycles. The van der Waals surface area contributed by atoms with Crippen molar-refractivity contribution in [2.75, 3.05) is 13.7 Å². The van der Waals surface area contributed by atoms with Gasteiger partial charge >= 0.3 is 0 Å². The zero-order valence-electron chi connectivity index (χ0n) is 7.73. The first kappa shape index (κ1) is 8.32. The normalized spacial score (nSPS) is 10.8. The molecule has 2 aromatic rings. The molecule has 68 valence electrons. The monoisotopic (exact) mass is 175 g/mol. The van der Waals surface area contributed by atoms with Crippen LogP contribution in [0.15, 0.2) is 36.5 Å². The van der Waals surface area contributed by atoms with Crippen LogP contribution >= 0.6 is 0 Å². The van der Waals surface area contributed by atoms with Crippen LogP contribution in [0.4, 0.5) is 0 Å². The molecule has 2 nitrogen and oxygen atoms in total. The molecule has 0 amide bonds. The number of benzene rings is 1. The van der Waals surface area contributed by atoms with E-state index in [1.54, 1.807) is 7.11 Å². The molecule has 0 unspecified atom stereocenters. The minimum Gasteiger partial charge on any atom is -0.383 e. The van der Waals surface area contributed by atoms with E-state index in [0.29, 0.717) is 0 Å². The highest BCUT2D eigenvalue weighted by Gasteiger charge is 1.97. The van der Waals surface area contributed by atoms with Crippen LogP contribution in [-0.4, -0.2) is 18.3 Å². The SMILES string of the molecule is COCCn1ccc2ccccc21. The van der Waals surface area contributed by atoms with Gasteiger partial charge in [-0.15, -0.1) is 0 Å². The van der Waals surface area contributed by atoms with Gasteiger partial charge in [0, 0.05) is 25.4 Å². The van der Waals surface area contributed by atoms with Gasteiger partial charge in [0.15, 0.2) is 0 Å². The van der Waals surface area contributed by atoms with Gasteiger partial charge in [0.2, 0.25) is 0 Å². The first-order valence-corrected chi connectivity index (χ1v) is 4.44. The summed E-state index contributed by atoms with van der Waals surface area (Å²) in [6.07, 6.45) is 2.10. The van der Waals surface area contributed by atoms with Gasteiger partial charge in [-0.1, -0.05) is 18.2 Å². The topological polar surface area (TPSA) is 14.2 Å². The van der Waals surface area contributed by atoms with E-state index >= 15 is 0 Å². The first-order valence-electron chi connectivity index (χ1n) is 4.44. The van der Waals surface area contributed by atoms with Crippen molar-refractivity contribution >= 4 is 10.9 Å². The van der Waals surface area contributed by atoms with Gasteiger partial charge in [-0.05, 0) is 17.5 Å². The lowest BCUT2D eigenvalue weighted by atomic mass is 10.2. The molecule has 0 N–H and O–H groups in total. The number of rotatable bonds is 3. The molecule has 0 saturated carbocycles. The summed E-state index contributed by atoms with van der Waals surface area (Å²) in [6, 6.07) is 10.5. The van der Waals surface area contributed by atoms with Crippen molar-refractivity contribution in [1.82, 2.24) is 4.57 Å². The predicted molar refractivity (Wildman–Crippen MR) is 53.8 cm³/mol. The lowest BCUT2D eigenvalue weighted by Crippen LogP contribution is -2.01. The molecule has 1 heterocycles. The zero-order valence-corrected chi connectivity index (χ0v) is 7.73. The molecule has 0 fully saturated rings. The Morgan fingerprint density at radius 2 is 2.08 bits per heavy atom. The summed E-state index contributed by atoms with van der Waals surface area (Å²) in [7, 11) is 1.73. The lowest BCUT2D eigenvalue weighted by molar-refractivity contribution is 0.188. The van der Waals surface area contributed by atoms with Gasteiger partial charge in [-0.25, -0.2) is 0 Å². The summed E-state index contributed by atoms with van der Waals surface area (Å²) in [4.78, 5) is 0. The molecule has 0 aliphatic rings. The Morgan fingerprint density at radius 1 is 1.23 bits per heavy atom. The highest BCUT2D eigenvalue weighted by Crippen LogP contribution is 2.14. The number of hydrogen-bond acceptors (Lipinski definition) is 1. The number of aromatic nitrogens is 1. The molecule has 2 rings (SSSR count). The van der Waals surface area contributed by atoms with Gasteiger partial charge in [0.1, 0.15) is 0 Å². The average Bonchev–Trinajstić information content (AvgIpc) is 2.58. The van der Waals surface area contributed by atoms with Gasteiger partial charge in [-0.3, -0.25) is 0 Å². The average molecular weight is 175 g/mol. The number of para-hydroxylation sites is 1. The molecule has 2 heteroatoms. The maximum atomic E-state index is 5.04. The van der Waals surface area contributed by atoms with Crippen LogP contribution in [0.3, 0.4) is 0 Å². The summed E-state index contributed by atoms with van der Waals surface area (Å²) < 4.78 is 7.25. The van der Waals surface area contributed by atoms with Gasteiger partial charge in [-0.2, -0.15) is 0 Å². The van der Waals surface area contributed by atoms with Crippen LogP contribution in [0.5, 0.6) is 0 Å². The summed E-state index contributed by atoms with van der Waals surface area (Å²) >= 11 is 0. The Morgan fingerprint density at radius 3 is 2.92 bits per heavy atom. The third kappa shape index (κ3) is 1.58. The number of hydrogen-bond donors (Lipinski definition) is 0. The Bertz CT molecular complexity index is 392. The van der Waals surface area contributed by atoms with Crippen LogP contribution in [-0.2, 0) is 11.3 Å². The molecular formula is C11H13NO. The highest BCUT2D eigenvalue weighted by atomic mass is 16.5. The van der Waals surface area contributed by atoms with Crippen LogP contribution in [0.2, 0.25) is 0 Å². The van der Waals surface area contributed by atoms with Crippen molar-refractivity contribution in [3.05, 3.63) is 36.5 Å². The number of methoxy groups -OCH3 is 1. The second kappa shape index (κ2) is 3.62. The molecular weight excluding hydrogens is 162 g/mol. The maximum Gasteiger partial charge on any atom is 0.0641 e. The summed E-state index contributed by atoms with van der Waals surface area (Å²) in [5, 5.41) is 1.29. The largest absolute Gasteiger partial charge is 0.383 e. The maximum absolute atomic E-state index is 5.04. The Balaban J connectivity index is 2.35. The number of nitrogens with zero attached hydrogens (tertiary/aromatic N) is 1. The van der Waals surface area contributed by atoms with Gasteiger partial charge in [0.25, 0.3) is 0 Å². The second-order valence-electron chi connectivity index (χ2n) is 3.06. The zero-order chi connectivity index (χ0) is 9.10. The van der Waals surface area contributed by atoms with E-state index in [-0.39, 0.29) is 0 Å². The Labute approximate surface area is 77.7 Å². The van der Waals surface area contributed by atoms with E-state index in [2.05, 4.69) is 41.1 Å². The lowest BCUT2D eigenvalue weighted by Gasteiger charge is -2.03. The van der Waals surface area contributed by atoms with Crippen molar-refractivity contribution in [3.8, 4) is 0 Å². The molecule has 0 spiro atoms. The third-order valence-electron chi connectivity index (χ3n) is 2.22. The minimum atomic E-state index is 0.763. The van der Waals surface area contributed by atoms with Crippen LogP contribution < -0.4 is 0 Å². The minimum absolute atomic E-state index is 0.763. The second-order valence-corrected chi connectivity index (χ2v) is 3.06. The van der Waals surface area contributed by atoms with E-state index in [1.165, 1.54) is 10.9 Å². The first-order chi connectivity index (χ1) is 6.42. The van der Waals surface area contributed by atoms with E-state index in [4.69, 9.17) is 4.74 Å². The number of ether oxygens (including phenoxy) is 1. The van der Waals surface area contributed by atoms with Crippen molar-refractivity contribution < 1.29 is 4.74 Å².